The lowest BCUT2D eigenvalue weighted by Gasteiger charge is -2.06. The first-order valence-corrected chi connectivity index (χ1v) is 10.0. The van der Waals surface area contributed by atoms with Crippen LogP contribution in [0.4, 0.5) is 13.2 Å². The molecule has 0 unspecified atom stereocenters. The lowest BCUT2D eigenvalue weighted by molar-refractivity contribution is -0.145. The third-order valence-corrected chi connectivity index (χ3v) is 5.31. The summed E-state index contributed by atoms with van der Waals surface area (Å²) in [6.07, 6.45) is 1.49. The Kier molecular flexibility index (Phi) is 4.88. The number of hydrogen-bond donors (Lipinski definition) is 1. The maximum absolute atomic E-state index is 12.8. The van der Waals surface area contributed by atoms with Gasteiger partial charge < -0.3 is 9.73 Å². The normalized spacial score (nSPS) is 14.0. The zero-order valence-corrected chi connectivity index (χ0v) is 16.7. The van der Waals surface area contributed by atoms with E-state index in [1.807, 2.05) is 12.1 Å². The average Bonchev–Trinajstić information content (AvgIpc) is 3.58. The van der Waals surface area contributed by atoms with Gasteiger partial charge in [0, 0.05) is 36.3 Å². The first kappa shape index (κ1) is 20.2. The van der Waals surface area contributed by atoms with Gasteiger partial charge in [-0.3, -0.25) is 9.78 Å². The molecule has 162 valence electrons. The number of carbonyl (C=O) groups excluding carboxylic acids is 1. The molecule has 3 aromatic heterocycles. The standard InChI is InChI=1S/C23H17F3N4O2/c24-23(25,26)22-29-11-13(12-30-22)10-28-21(31)20-17-2-1-9-27-18(17)19(32-20)16-7-5-15(6-8-16)14-3-4-14/h1-2,5-9,11-12,14H,3-4,10H2,(H,28,31). The Morgan fingerprint density at radius 2 is 1.78 bits per heavy atom. The molecule has 6 nitrogen and oxygen atoms in total. The summed E-state index contributed by atoms with van der Waals surface area (Å²) in [5.41, 5.74) is 2.99. The molecule has 3 heterocycles. The van der Waals surface area contributed by atoms with Crippen molar-refractivity contribution in [2.24, 2.45) is 0 Å². The number of fused-ring (bicyclic) bond motifs is 1. The van der Waals surface area contributed by atoms with Gasteiger partial charge in [0.15, 0.2) is 5.76 Å². The fourth-order valence-electron chi connectivity index (χ4n) is 3.52. The van der Waals surface area contributed by atoms with Crippen LogP contribution in [0.25, 0.3) is 22.2 Å². The Hall–Kier alpha value is -3.75. The van der Waals surface area contributed by atoms with E-state index in [9.17, 15) is 18.0 Å². The van der Waals surface area contributed by atoms with E-state index < -0.39 is 17.9 Å². The van der Waals surface area contributed by atoms with Crippen LogP contribution in [-0.2, 0) is 12.7 Å². The summed E-state index contributed by atoms with van der Waals surface area (Å²) in [5, 5.41) is 3.19. The lowest BCUT2D eigenvalue weighted by atomic mass is 10.1. The fraction of sp³-hybridized carbons (Fsp3) is 0.217. The minimum atomic E-state index is -4.62. The maximum atomic E-state index is 12.8. The predicted molar refractivity (Wildman–Crippen MR) is 110 cm³/mol. The van der Waals surface area contributed by atoms with Crippen molar-refractivity contribution in [2.45, 2.75) is 31.5 Å². The zero-order valence-electron chi connectivity index (χ0n) is 16.7. The van der Waals surface area contributed by atoms with Crippen LogP contribution in [0.2, 0.25) is 0 Å². The first-order chi connectivity index (χ1) is 15.4. The summed E-state index contributed by atoms with van der Waals surface area (Å²) >= 11 is 0. The molecule has 1 aliphatic carbocycles. The summed E-state index contributed by atoms with van der Waals surface area (Å²) in [6, 6.07) is 11.5. The van der Waals surface area contributed by atoms with E-state index in [2.05, 4.69) is 32.4 Å². The number of nitrogens with zero attached hydrogens (tertiary/aromatic N) is 3. The predicted octanol–water partition coefficient (Wildman–Crippen LogP) is 5.11. The van der Waals surface area contributed by atoms with Crippen molar-refractivity contribution in [2.75, 3.05) is 0 Å². The zero-order chi connectivity index (χ0) is 22.3. The van der Waals surface area contributed by atoms with Gasteiger partial charge in [0.1, 0.15) is 5.52 Å². The van der Waals surface area contributed by atoms with Crippen LogP contribution in [-0.4, -0.2) is 20.9 Å². The van der Waals surface area contributed by atoms with Crippen molar-refractivity contribution in [3.63, 3.8) is 0 Å². The third kappa shape index (κ3) is 3.93. The van der Waals surface area contributed by atoms with Crippen molar-refractivity contribution >= 4 is 16.8 Å². The van der Waals surface area contributed by atoms with Gasteiger partial charge in [0.2, 0.25) is 11.6 Å². The number of nitrogens with one attached hydrogen (secondary N) is 1. The molecule has 0 saturated heterocycles. The molecular weight excluding hydrogens is 421 g/mol. The SMILES string of the molecule is O=C(NCc1cnc(C(F)(F)F)nc1)c1oc(-c2ccc(C3CC3)cc2)c2ncccc12. The summed E-state index contributed by atoms with van der Waals surface area (Å²) in [4.78, 5) is 23.8. The number of alkyl halides is 3. The Bertz CT molecular complexity index is 1280. The number of halogens is 3. The molecule has 1 amide bonds. The van der Waals surface area contributed by atoms with E-state index in [-0.39, 0.29) is 12.3 Å². The highest BCUT2D eigenvalue weighted by molar-refractivity contribution is 6.07. The molecule has 5 rings (SSSR count). The van der Waals surface area contributed by atoms with Crippen LogP contribution in [0.3, 0.4) is 0 Å². The van der Waals surface area contributed by atoms with Crippen LogP contribution in [0.1, 0.15) is 46.3 Å². The van der Waals surface area contributed by atoms with Gasteiger partial charge >= 0.3 is 6.18 Å². The van der Waals surface area contributed by atoms with E-state index in [1.54, 1.807) is 18.3 Å². The fourth-order valence-corrected chi connectivity index (χ4v) is 3.52. The van der Waals surface area contributed by atoms with Crippen molar-refractivity contribution in [1.29, 1.82) is 0 Å². The van der Waals surface area contributed by atoms with Gasteiger partial charge in [-0.2, -0.15) is 13.2 Å². The second-order valence-electron chi connectivity index (χ2n) is 7.65. The molecule has 1 fully saturated rings. The molecule has 0 aliphatic heterocycles. The number of pyridine rings is 1. The number of hydrogen-bond acceptors (Lipinski definition) is 5. The molecule has 0 spiro atoms. The highest BCUT2D eigenvalue weighted by atomic mass is 19.4. The van der Waals surface area contributed by atoms with Crippen LogP contribution < -0.4 is 5.32 Å². The van der Waals surface area contributed by atoms with Gasteiger partial charge in [-0.05, 0) is 36.5 Å². The van der Waals surface area contributed by atoms with Gasteiger partial charge in [0.25, 0.3) is 5.91 Å². The van der Waals surface area contributed by atoms with E-state index >= 15 is 0 Å². The minimum Gasteiger partial charge on any atom is -0.448 e. The van der Waals surface area contributed by atoms with Crippen molar-refractivity contribution in [3.05, 3.63) is 77.7 Å². The van der Waals surface area contributed by atoms with Gasteiger partial charge in [-0.1, -0.05) is 24.3 Å². The number of rotatable bonds is 5. The molecular formula is C23H17F3N4O2. The summed E-state index contributed by atoms with van der Waals surface area (Å²) in [6.45, 7) is -0.0507. The van der Waals surface area contributed by atoms with Gasteiger partial charge in [-0.25, -0.2) is 9.97 Å². The molecule has 32 heavy (non-hydrogen) atoms. The van der Waals surface area contributed by atoms with Crippen LogP contribution in [0, 0.1) is 0 Å². The molecule has 1 aromatic carbocycles. The molecule has 0 bridgehead atoms. The molecule has 4 aromatic rings. The van der Waals surface area contributed by atoms with Crippen molar-refractivity contribution in [3.8, 4) is 11.3 Å². The molecule has 1 saturated carbocycles. The molecule has 1 aliphatic rings. The van der Waals surface area contributed by atoms with Crippen molar-refractivity contribution in [1.82, 2.24) is 20.3 Å². The van der Waals surface area contributed by atoms with Crippen LogP contribution in [0.5, 0.6) is 0 Å². The van der Waals surface area contributed by atoms with Gasteiger partial charge in [-0.15, -0.1) is 0 Å². The second kappa shape index (κ2) is 7.74. The molecule has 0 radical (unpaired) electrons. The molecule has 9 heteroatoms. The first-order valence-electron chi connectivity index (χ1n) is 10.0. The lowest BCUT2D eigenvalue weighted by Crippen LogP contribution is -2.23. The average molecular weight is 438 g/mol. The Balaban J connectivity index is 1.38. The number of furan rings is 1. The van der Waals surface area contributed by atoms with Crippen LogP contribution >= 0.6 is 0 Å². The summed E-state index contributed by atoms with van der Waals surface area (Å²) in [5.74, 6) is -0.532. The maximum Gasteiger partial charge on any atom is 0.451 e. The largest absolute Gasteiger partial charge is 0.451 e. The highest BCUT2D eigenvalue weighted by Gasteiger charge is 2.34. The molecule has 1 N–H and O–H groups in total. The van der Waals surface area contributed by atoms with Gasteiger partial charge in [0.05, 0.1) is 5.39 Å². The Labute approximate surface area is 180 Å². The number of amides is 1. The quantitative estimate of drug-likeness (QED) is 0.468. The van der Waals surface area contributed by atoms with E-state index in [4.69, 9.17) is 4.42 Å². The third-order valence-electron chi connectivity index (χ3n) is 5.31. The number of aromatic nitrogens is 3. The number of carbonyl (C=O) groups is 1. The topological polar surface area (TPSA) is 80.9 Å². The smallest absolute Gasteiger partial charge is 0.448 e. The highest BCUT2D eigenvalue weighted by Crippen LogP contribution is 2.41. The monoisotopic (exact) mass is 438 g/mol. The Morgan fingerprint density at radius 3 is 2.44 bits per heavy atom. The minimum absolute atomic E-state index is 0.0507. The summed E-state index contributed by atoms with van der Waals surface area (Å²) in [7, 11) is 0. The summed E-state index contributed by atoms with van der Waals surface area (Å²) < 4.78 is 43.7. The molecule has 0 atom stereocenters. The van der Waals surface area contributed by atoms with E-state index in [0.29, 0.717) is 28.1 Å². The van der Waals surface area contributed by atoms with Crippen molar-refractivity contribution < 1.29 is 22.4 Å². The number of benzene rings is 1. The Morgan fingerprint density at radius 1 is 1.06 bits per heavy atom. The second-order valence-corrected chi connectivity index (χ2v) is 7.65. The van der Waals surface area contributed by atoms with Crippen LogP contribution in [0.15, 0.2) is 59.4 Å². The van der Waals surface area contributed by atoms with E-state index in [1.165, 1.54) is 18.4 Å². The van der Waals surface area contributed by atoms with E-state index in [0.717, 1.165) is 18.0 Å².